The lowest BCUT2D eigenvalue weighted by Crippen LogP contribution is -2.31. The molecule has 0 aliphatic heterocycles. The molecule has 0 radical (unpaired) electrons. The highest BCUT2D eigenvalue weighted by Crippen LogP contribution is 2.19. The molecule has 0 aromatic heterocycles. The molecule has 0 atom stereocenters. The summed E-state index contributed by atoms with van der Waals surface area (Å²) in [6, 6.07) is 10.2. The topological polar surface area (TPSA) is 72.9 Å². The lowest BCUT2D eigenvalue weighted by atomic mass is 10.0. The predicted octanol–water partition coefficient (Wildman–Crippen LogP) is 3.37. The number of carbonyl (C=O) groups is 3. The van der Waals surface area contributed by atoms with Crippen molar-refractivity contribution >= 4 is 28.6 Å². The molecule has 2 aromatic rings. The Morgan fingerprint density at radius 3 is 2.14 bits per heavy atom. The Kier molecular flexibility index (Phi) is 7.09. The summed E-state index contributed by atoms with van der Waals surface area (Å²) < 4.78 is 9.97. The zero-order valence-corrected chi connectivity index (χ0v) is 16.2. The highest BCUT2D eigenvalue weighted by molar-refractivity contribution is 5.99. The molecule has 0 spiro atoms. The van der Waals surface area contributed by atoms with E-state index in [1.807, 2.05) is 0 Å². The van der Waals surface area contributed by atoms with Gasteiger partial charge in [-0.15, -0.1) is 0 Å². The molecule has 0 fully saturated rings. The number of ether oxygens (including phenoxy) is 2. The second-order valence-electron chi connectivity index (χ2n) is 6.16. The van der Waals surface area contributed by atoms with E-state index < -0.39 is 11.9 Å². The van der Waals surface area contributed by atoms with Gasteiger partial charge in [-0.05, 0) is 42.0 Å². The molecule has 146 valence electrons. The van der Waals surface area contributed by atoms with E-state index in [4.69, 9.17) is 9.47 Å². The van der Waals surface area contributed by atoms with Gasteiger partial charge in [0.15, 0.2) is 0 Å². The van der Waals surface area contributed by atoms with Gasteiger partial charge in [-0.2, -0.15) is 0 Å². The molecule has 0 saturated carbocycles. The van der Waals surface area contributed by atoms with Crippen LogP contribution in [-0.2, 0) is 14.3 Å². The van der Waals surface area contributed by atoms with Gasteiger partial charge in [0.25, 0.3) is 5.91 Å². The highest BCUT2D eigenvalue weighted by Gasteiger charge is 2.13. The van der Waals surface area contributed by atoms with Crippen LogP contribution in [0.1, 0.15) is 27.6 Å². The minimum Gasteiger partial charge on any atom is -0.465 e. The molecule has 0 saturated heterocycles. The number of hydrogen-bond donors (Lipinski definition) is 0. The number of allylic oxidation sites excluding steroid dienone is 1. The zero-order chi connectivity index (χ0) is 20.7. The van der Waals surface area contributed by atoms with Crippen molar-refractivity contribution < 1.29 is 23.9 Å². The van der Waals surface area contributed by atoms with Crippen molar-refractivity contribution in [3.63, 3.8) is 0 Å². The summed E-state index contributed by atoms with van der Waals surface area (Å²) in [5.41, 5.74) is 1.21. The fraction of sp³-hybridized carbons (Fsp3) is 0.227. The molecule has 0 heterocycles. The van der Waals surface area contributed by atoms with Gasteiger partial charge in [0.2, 0.25) is 0 Å². The maximum Gasteiger partial charge on any atom is 0.338 e. The monoisotopic (exact) mass is 381 g/mol. The number of methoxy groups -OCH3 is 1. The molecule has 0 unspecified atom stereocenters. The van der Waals surface area contributed by atoms with Crippen molar-refractivity contribution in [2.24, 2.45) is 0 Å². The Bertz CT molecular complexity index is 945. The molecule has 6 heteroatoms. The van der Waals surface area contributed by atoms with Gasteiger partial charge < -0.3 is 14.4 Å². The van der Waals surface area contributed by atoms with Crippen LogP contribution < -0.4 is 0 Å². The zero-order valence-electron chi connectivity index (χ0n) is 16.2. The molecule has 2 rings (SSSR count). The Morgan fingerprint density at radius 1 is 1.04 bits per heavy atom. The first-order valence-corrected chi connectivity index (χ1v) is 8.73. The van der Waals surface area contributed by atoms with Gasteiger partial charge in [-0.3, -0.25) is 4.79 Å². The average molecular weight is 381 g/mol. The molecular weight excluding hydrogens is 358 g/mol. The van der Waals surface area contributed by atoms with Gasteiger partial charge in [0.1, 0.15) is 6.61 Å². The lowest BCUT2D eigenvalue weighted by molar-refractivity contribution is -0.126. The smallest absolute Gasteiger partial charge is 0.338 e. The third-order valence-electron chi connectivity index (χ3n) is 4.15. The van der Waals surface area contributed by atoms with Crippen molar-refractivity contribution in [1.29, 1.82) is 0 Å². The molecule has 1 amide bonds. The first-order valence-electron chi connectivity index (χ1n) is 8.73. The molecule has 0 aliphatic carbocycles. The second kappa shape index (κ2) is 9.50. The number of esters is 2. The summed E-state index contributed by atoms with van der Waals surface area (Å²) in [7, 11) is 2.95. The van der Waals surface area contributed by atoms with E-state index in [9.17, 15) is 14.4 Å². The Hall–Kier alpha value is -3.41. The minimum atomic E-state index is -0.480. The van der Waals surface area contributed by atoms with Crippen LogP contribution in [0.2, 0.25) is 0 Å². The SMILES string of the molecule is C=C(/C=C\C)C(=O)N(C)CCOC(=O)c1ccc2cc(C(=O)OC)ccc2c1. The minimum absolute atomic E-state index is 0.0729. The highest BCUT2D eigenvalue weighted by atomic mass is 16.5. The van der Waals surface area contributed by atoms with Gasteiger partial charge >= 0.3 is 11.9 Å². The van der Waals surface area contributed by atoms with Crippen LogP contribution in [0.25, 0.3) is 10.8 Å². The van der Waals surface area contributed by atoms with Crippen molar-refractivity contribution in [2.45, 2.75) is 6.92 Å². The number of carbonyl (C=O) groups excluding carboxylic acids is 3. The molecule has 0 aliphatic rings. The summed E-state index contributed by atoms with van der Waals surface area (Å²) in [6.45, 7) is 5.83. The molecule has 0 N–H and O–H groups in total. The summed E-state index contributed by atoms with van der Waals surface area (Å²) >= 11 is 0. The maximum atomic E-state index is 12.3. The second-order valence-corrected chi connectivity index (χ2v) is 6.16. The largest absolute Gasteiger partial charge is 0.465 e. The van der Waals surface area contributed by atoms with Gasteiger partial charge in [0, 0.05) is 12.6 Å². The fourth-order valence-corrected chi connectivity index (χ4v) is 2.60. The third-order valence-corrected chi connectivity index (χ3v) is 4.15. The normalized spacial score (nSPS) is 10.7. The molecule has 0 bridgehead atoms. The number of hydrogen-bond acceptors (Lipinski definition) is 5. The van der Waals surface area contributed by atoms with E-state index in [1.165, 1.54) is 12.0 Å². The number of benzene rings is 2. The Balaban J connectivity index is 1.98. The van der Waals surface area contributed by atoms with Crippen LogP contribution in [-0.4, -0.2) is 50.1 Å². The fourth-order valence-electron chi connectivity index (χ4n) is 2.60. The van der Waals surface area contributed by atoms with E-state index >= 15 is 0 Å². The number of nitrogens with zero attached hydrogens (tertiary/aromatic N) is 1. The lowest BCUT2D eigenvalue weighted by Gasteiger charge is -2.17. The molecule has 6 nitrogen and oxygen atoms in total. The Morgan fingerprint density at radius 2 is 1.61 bits per heavy atom. The quantitative estimate of drug-likeness (QED) is 0.418. The number of rotatable bonds is 7. The van der Waals surface area contributed by atoms with E-state index in [-0.39, 0.29) is 19.1 Å². The van der Waals surface area contributed by atoms with Gasteiger partial charge in [-0.1, -0.05) is 30.9 Å². The van der Waals surface area contributed by atoms with Crippen LogP contribution in [0, 0.1) is 0 Å². The average Bonchev–Trinajstić information content (AvgIpc) is 2.71. The molecular formula is C22H23NO5. The summed E-state index contributed by atoms with van der Waals surface area (Å²) in [5.74, 6) is -1.12. The van der Waals surface area contributed by atoms with Crippen LogP contribution in [0.3, 0.4) is 0 Å². The van der Waals surface area contributed by atoms with Crippen molar-refractivity contribution in [3.8, 4) is 0 Å². The van der Waals surface area contributed by atoms with Crippen LogP contribution in [0.15, 0.2) is 60.7 Å². The third kappa shape index (κ3) is 5.07. The Labute approximate surface area is 164 Å². The number of likely N-dealkylation sites (N-methyl/N-ethyl adjacent to an activating group) is 1. The number of amides is 1. The van der Waals surface area contributed by atoms with Crippen LogP contribution >= 0.6 is 0 Å². The van der Waals surface area contributed by atoms with E-state index in [0.29, 0.717) is 16.7 Å². The van der Waals surface area contributed by atoms with Crippen molar-refractivity contribution in [2.75, 3.05) is 27.3 Å². The van der Waals surface area contributed by atoms with Gasteiger partial charge in [0.05, 0.1) is 24.8 Å². The number of fused-ring (bicyclic) bond motifs is 1. The van der Waals surface area contributed by atoms with E-state index in [1.54, 1.807) is 62.5 Å². The summed E-state index contributed by atoms with van der Waals surface area (Å²) in [5, 5.41) is 1.62. The van der Waals surface area contributed by atoms with Gasteiger partial charge in [-0.25, -0.2) is 9.59 Å². The summed E-state index contributed by atoms with van der Waals surface area (Å²) in [4.78, 5) is 37.3. The first kappa shape index (κ1) is 20.9. The maximum absolute atomic E-state index is 12.3. The molecule has 2 aromatic carbocycles. The summed E-state index contributed by atoms with van der Waals surface area (Å²) in [6.07, 6.45) is 3.37. The van der Waals surface area contributed by atoms with Crippen molar-refractivity contribution in [1.82, 2.24) is 4.90 Å². The van der Waals surface area contributed by atoms with Crippen LogP contribution in [0.4, 0.5) is 0 Å². The van der Waals surface area contributed by atoms with Crippen LogP contribution in [0.5, 0.6) is 0 Å². The first-order chi connectivity index (χ1) is 13.4. The van der Waals surface area contributed by atoms with Crippen molar-refractivity contribution in [3.05, 3.63) is 71.8 Å². The van der Waals surface area contributed by atoms with E-state index in [0.717, 1.165) is 10.8 Å². The van der Waals surface area contributed by atoms with E-state index in [2.05, 4.69) is 6.58 Å². The predicted molar refractivity (Wildman–Crippen MR) is 107 cm³/mol. The molecule has 28 heavy (non-hydrogen) atoms. The standard InChI is InChI=1S/C22H23NO5/c1-5-6-15(2)20(24)23(3)11-12-28-22(26)19-10-8-16-13-18(21(25)27-4)9-7-17(16)14-19/h5-10,13-14H,2,11-12H2,1,3-4H3/b6-5-.